The lowest BCUT2D eigenvalue weighted by molar-refractivity contribution is 0.0749. The van der Waals surface area contributed by atoms with Crippen molar-refractivity contribution < 1.29 is 14.1 Å². The maximum atomic E-state index is 12.7. The number of hydrogen-bond donors (Lipinski definition) is 0. The van der Waals surface area contributed by atoms with Crippen LogP contribution in [0.4, 0.5) is 0 Å². The van der Waals surface area contributed by atoms with E-state index in [4.69, 9.17) is 9.26 Å². The molecule has 4 rings (SSSR count). The second-order valence-electron chi connectivity index (χ2n) is 5.83. The first-order valence-corrected chi connectivity index (χ1v) is 7.84. The Hall–Kier alpha value is -2.30. The zero-order valence-corrected chi connectivity index (χ0v) is 12.4. The third-order valence-electron chi connectivity index (χ3n) is 4.39. The van der Waals surface area contributed by atoms with Crippen LogP contribution in [0.2, 0.25) is 0 Å². The van der Waals surface area contributed by atoms with E-state index in [1.807, 2.05) is 29.2 Å². The van der Waals surface area contributed by atoms with Gasteiger partial charge in [0, 0.05) is 13.1 Å². The maximum Gasteiger partial charge on any atom is 0.276 e. The average Bonchev–Trinajstić information content (AvgIpc) is 2.81. The molecule has 2 aliphatic heterocycles. The highest BCUT2D eigenvalue weighted by atomic mass is 16.5. The lowest BCUT2D eigenvalue weighted by Gasteiger charge is -2.20. The van der Waals surface area contributed by atoms with Crippen molar-refractivity contribution in [3.8, 4) is 17.1 Å². The zero-order chi connectivity index (χ0) is 14.9. The molecule has 1 fully saturated rings. The monoisotopic (exact) mass is 298 g/mol. The van der Waals surface area contributed by atoms with E-state index in [2.05, 4.69) is 5.16 Å². The molecular weight excluding hydrogens is 280 g/mol. The Balaban J connectivity index is 1.68. The average molecular weight is 298 g/mol. The van der Waals surface area contributed by atoms with Crippen molar-refractivity contribution >= 4 is 5.91 Å². The van der Waals surface area contributed by atoms with Gasteiger partial charge in [0.05, 0.1) is 11.1 Å². The smallest absolute Gasteiger partial charge is 0.276 e. The Morgan fingerprint density at radius 2 is 1.86 bits per heavy atom. The summed E-state index contributed by atoms with van der Waals surface area (Å²) in [5, 5.41) is 4.06. The molecule has 0 bridgehead atoms. The summed E-state index contributed by atoms with van der Waals surface area (Å²) in [5.41, 5.74) is 2.05. The SMILES string of the molecule is O=C(c1noc2c1COc1ccccc1-2)N1CCCCCC1. The fourth-order valence-corrected chi connectivity index (χ4v) is 3.18. The van der Waals surface area contributed by atoms with Gasteiger partial charge in [-0.2, -0.15) is 0 Å². The molecule has 1 saturated heterocycles. The summed E-state index contributed by atoms with van der Waals surface area (Å²) in [4.78, 5) is 14.6. The van der Waals surface area contributed by atoms with Crippen LogP contribution in [0.5, 0.6) is 5.75 Å². The first-order chi connectivity index (χ1) is 10.8. The van der Waals surface area contributed by atoms with Gasteiger partial charge in [0.2, 0.25) is 0 Å². The molecule has 2 aromatic rings. The number of ether oxygens (including phenoxy) is 1. The molecule has 0 aliphatic carbocycles. The lowest BCUT2D eigenvalue weighted by atomic mass is 10.0. The van der Waals surface area contributed by atoms with Crippen LogP contribution in [-0.2, 0) is 6.61 Å². The third kappa shape index (κ3) is 2.17. The van der Waals surface area contributed by atoms with E-state index in [1.54, 1.807) is 0 Å². The van der Waals surface area contributed by atoms with Gasteiger partial charge in [0.15, 0.2) is 11.5 Å². The Labute approximate surface area is 128 Å². The molecule has 2 aliphatic rings. The largest absolute Gasteiger partial charge is 0.488 e. The van der Waals surface area contributed by atoms with Crippen LogP contribution in [0.25, 0.3) is 11.3 Å². The molecule has 0 saturated carbocycles. The number of para-hydroxylation sites is 1. The van der Waals surface area contributed by atoms with E-state index in [9.17, 15) is 4.79 Å². The summed E-state index contributed by atoms with van der Waals surface area (Å²) in [7, 11) is 0. The number of nitrogens with zero attached hydrogens (tertiary/aromatic N) is 2. The quantitative estimate of drug-likeness (QED) is 0.811. The van der Waals surface area contributed by atoms with Crippen LogP contribution in [0.15, 0.2) is 28.8 Å². The molecule has 0 spiro atoms. The molecule has 0 unspecified atom stereocenters. The van der Waals surface area contributed by atoms with Gasteiger partial charge >= 0.3 is 0 Å². The summed E-state index contributed by atoms with van der Waals surface area (Å²) in [5.74, 6) is 1.41. The highest BCUT2D eigenvalue weighted by Crippen LogP contribution is 2.38. The second kappa shape index (κ2) is 5.48. The lowest BCUT2D eigenvalue weighted by Crippen LogP contribution is -2.33. The summed E-state index contributed by atoms with van der Waals surface area (Å²) in [6.07, 6.45) is 4.50. The van der Waals surface area contributed by atoms with Crippen LogP contribution in [0, 0.1) is 0 Å². The normalized spacial score (nSPS) is 17.2. The van der Waals surface area contributed by atoms with Gasteiger partial charge in [-0.05, 0) is 25.0 Å². The molecule has 0 atom stereocenters. The topological polar surface area (TPSA) is 55.6 Å². The van der Waals surface area contributed by atoms with E-state index in [-0.39, 0.29) is 5.91 Å². The molecule has 1 aromatic carbocycles. The van der Waals surface area contributed by atoms with E-state index >= 15 is 0 Å². The number of rotatable bonds is 1. The van der Waals surface area contributed by atoms with Gasteiger partial charge in [-0.15, -0.1) is 0 Å². The van der Waals surface area contributed by atoms with E-state index < -0.39 is 0 Å². The Morgan fingerprint density at radius 3 is 2.68 bits per heavy atom. The van der Waals surface area contributed by atoms with Crippen LogP contribution in [0.1, 0.15) is 41.7 Å². The minimum Gasteiger partial charge on any atom is -0.488 e. The number of amides is 1. The predicted octanol–water partition coefficient (Wildman–Crippen LogP) is 3.25. The van der Waals surface area contributed by atoms with Gasteiger partial charge < -0.3 is 14.2 Å². The van der Waals surface area contributed by atoms with Crippen LogP contribution in [-0.4, -0.2) is 29.1 Å². The molecule has 0 radical (unpaired) electrons. The van der Waals surface area contributed by atoms with Crippen LogP contribution < -0.4 is 4.74 Å². The fourth-order valence-electron chi connectivity index (χ4n) is 3.18. The standard InChI is InChI=1S/C17H18N2O3/c20-17(19-9-5-1-2-6-10-19)15-13-11-21-14-8-4-3-7-12(14)16(13)22-18-15/h3-4,7-8H,1-2,5-6,9-11H2. The molecule has 1 aromatic heterocycles. The van der Waals surface area contributed by atoms with Crippen molar-refractivity contribution in [2.45, 2.75) is 32.3 Å². The molecular formula is C17H18N2O3. The van der Waals surface area contributed by atoms with Crippen molar-refractivity contribution in [3.05, 3.63) is 35.5 Å². The van der Waals surface area contributed by atoms with Gasteiger partial charge in [-0.3, -0.25) is 4.79 Å². The summed E-state index contributed by atoms with van der Waals surface area (Å²) in [6.45, 7) is 1.95. The molecule has 5 heteroatoms. The summed E-state index contributed by atoms with van der Waals surface area (Å²) >= 11 is 0. The number of aromatic nitrogens is 1. The molecule has 3 heterocycles. The van der Waals surface area contributed by atoms with Crippen LogP contribution >= 0.6 is 0 Å². The predicted molar refractivity (Wildman–Crippen MR) is 80.6 cm³/mol. The molecule has 0 N–H and O–H groups in total. The van der Waals surface area contributed by atoms with Gasteiger partial charge in [-0.25, -0.2) is 0 Å². The Kier molecular flexibility index (Phi) is 3.33. The Morgan fingerprint density at radius 1 is 1.09 bits per heavy atom. The number of fused-ring (bicyclic) bond motifs is 3. The molecule has 22 heavy (non-hydrogen) atoms. The van der Waals surface area contributed by atoms with Gasteiger partial charge in [0.25, 0.3) is 5.91 Å². The highest BCUT2D eigenvalue weighted by Gasteiger charge is 2.30. The van der Waals surface area contributed by atoms with E-state index in [0.29, 0.717) is 18.1 Å². The van der Waals surface area contributed by atoms with Crippen LogP contribution in [0.3, 0.4) is 0 Å². The van der Waals surface area contributed by atoms with Crippen molar-refractivity contribution in [2.75, 3.05) is 13.1 Å². The number of carbonyl (C=O) groups is 1. The summed E-state index contributed by atoms with van der Waals surface area (Å²) in [6, 6.07) is 7.68. The number of benzene rings is 1. The number of likely N-dealkylation sites (tertiary alicyclic amines) is 1. The molecule has 1 amide bonds. The molecule has 114 valence electrons. The number of carbonyl (C=O) groups excluding carboxylic acids is 1. The molecule has 5 nitrogen and oxygen atoms in total. The highest BCUT2D eigenvalue weighted by molar-refractivity contribution is 5.95. The summed E-state index contributed by atoms with van der Waals surface area (Å²) < 4.78 is 11.2. The van der Waals surface area contributed by atoms with Crippen molar-refractivity contribution in [3.63, 3.8) is 0 Å². The fraction of sp³-hybridized carbons (Fsp3) is 0.412. The van der Waals surface area contributed by atoms with Crippen molar-refractivity contribution in [1.29, 1.82) is 0 Å². The maximum absolute atomic E-state index is 12.7. The first-order valence-electron chi connectivity index (χ1n) is 7.84. The third-order valence-corrected chi connectivity index (χ3v) is 4.39. The van der Waals surface area contributed by atoms with E-state index in [0.717, 1.165) is 42.8 Å². The first kappa shape index (κ1) is 13.4. The second-order valence-corrected chi connectivity index (χ2v) is 5.83. The van der Waals surface area contributed by atoms with Crippen molar-refractivity contribution in [2.24, 2.45) is 0 Å². The van der Waals surface area contributed by atoms with E-state index in [1.165, 1.54) is 12.8 Å². The van der Waals surface area contributed by atoms with Gasteiger partial charge in [0.1, 0.15) is 12.4 Å². The minimum atomic E-state index is -0.0325. The zero-order valence-electron chi connectivity index (χ0n) is 12.4. The Bertz CT molecular complexity index is 700. The van der Waals surface area contributed by atoms with Gasteiger partial charge in [-0.1, -0.05) is 30.1 Å². The van der Waals surface area contributed by atoms with Crippen molar-refractivity contribution in [1.82, 2.24) is 10.1 Å². The minimum absolute atomic E-state index is 0.0325. The number of hydrogen-bond acceptors (Lipinski definition) is 4.